The van der Waals surface area contributed by atoms with Crippen LogP contribution in [0.5, 0.6) is 0 Å². The Balaban J connectivity index is 2.74. The van der Waals surface area contributed by atoms with E-state index in [1.165, 1.54) is 11.1 Å². The number of aryl methyl sites for hydroxylation is 1. The van der Waals surface area contributed by atoms with Crippen molar-refractivity contribution in [2.24, 2.45) is 0 Å². The van der Waals surface area contributed by atoms with Crippen LogP contribution < -0.4 is 0 Å². The van der Waals surface area contributed by atoms with Crippen LogP contribution in [0.4, 0.5) is 4.79 Å². The Morgan fingerprint density at radius 2 is 2.05 bits per heavy atom. The van der Waals surface area contributed by atoms with E-state index in [-0.39, 0.29) is 12.1 Å². The fourth-order valence-electron chi connectivity index (χ4n) is 2.10. The third-order valence-corrected chi connectivity index (χ3v) is 4.18. The lowest BCUT2D eigenvalue weighted by atomic mass is 10.0. The van der Waals surface area contributed by atoms with Crippen molar-refractivity contribution in [2.45, 2.75) is 65.5 Å². The Bertz CT molecular complexity index is 434. The molecule has 1 unspecified atom stereocenters. The zero-order valence-electron chi connectivity index (χ0n) is 13.5. The molecule has 0 aliphatic carbocycles. The molecule has 20 heavy (non-hydrogen) atoms. The van der Waals surface area contributed by atoms with E-state index in [1.54, 1.807) is 16.2 Å². The van der Waals surface area contributed by atoms with E-state index < -0.39 is 5.60 Å². The summed E-state index contributed by atoms with van der Waals surface area (Å²) in [6, 6.07) is 0.197. The molecule has 0 aliphatic heterocycles. The van der Waals surface area contributed by atoms with Gasteiger partial charge in [0, 0.05) is 13.1 Å². The maximum absolute atomic E-state index is 12.2. The van der Waals surface area contributed by atoms with Gasteiger partial charge in [0.2, 0.25) is 0 Å². The van der Waals surface area contributed by atoms with Crippen LogP contribution in [0.2, 0.25) is 0 Å². The second-order valence-corrected chi connectivity index (χ2v) is 7.06. The molecule has 0 aliphatic rings. The lowest BCUT2D eigenvalue weighted by Gasteiger charge is -2.30. The number of likely N-dealkylation sites (N-methyl/N-ethyl adjacent to an activating group) is 1. The number of carbonyl (C=O) groups excluding carboxylic acids is 1. The molecule has 114 valence electrons. The monoisotopic (exact) mass is 297 g/mol. The summed E-state index contributed by atoms with van der Waals surface area (Å²) in [5.41, 5.74) is 2.21. The highest BCUT2D eigenvalue weighted by molar-refractivity contribution is 7.08. The predicted molar refractivity (Wildman–Crippen MR) is 85.5 cm³/mol. The first-order valence-electron chi connectivity index (χ1n) is 7.22. The van der Waals surface area contributed by atoms with E-state index >= 15 is 0 Å². The largest absolute Gasteiger partial charge is 0.444 e. The molecule has 0 saturated heterocycles. The van der Waals surface area contributed by atoms with Gasteiger partial charge in [-0.2, -0.15) is 11.3 Å². The average Bonchev–Trinajstić information content (AvgIpc) is 2.71. The van der Waals surface area contributed by atoms with Gasteiger partial charge in [0.25, 0.3) is 0 Å². The van der Waals surface area contributed by atoms with E-state index in [2.05, 4.69) is 24.6 Å². The number of amides is 1. The summed E-state index contributed by atoms with van der Waals surface area (Å²) in [5, 5.41) is 4.34. The van der Waals surface area contributed by atoms with Gasteiger partial charge >= 0.3 is 6.09 Å². The molecular formula is C16H27NO2S. The molecule has 0 radical (unpaired) electrons. The molecule has 4 heteroatoms. The van der Waals surface area contributed by atoms with Crippen molar-refractivity contribution >= 4 is 17.4 Å². The van der Waals surface area contributed by atoms with Crippen LogP contribution in [0, 0.1) is 6.92 Å². The van der Waals surface area contributed by atoms with E-state index in [0.717, 1.165) is 19.3 Å². The third kappa shape index (κ3) is 5.16. The summed E-state index contributed by atoms with van der Waals surface area (Å²) < 4.78 is 5.47. The third-order valence-electron chi connectivity index (χ3n) is 3.27. The number of rotatable bonds is 5. The minimum Gasteiger partial charge on any atom is -0.444 e. The van der Waals surface area contributed by atoms with Gasteiger partial charge in [0.05, 0.1) is 0 Å². The van der Waals surface area contributed by atoms with Crippen LogP contribution in [-0.4, -0.2) is 29.7 Å². The summed E-state index contributed by atoms with van der Waals surface area (Å²) in [7, 11) is 1.84. The fourth-order valence-corrected chi connectivity index (χ4v) is 2.97. The molecule has 1 aromatic rings. The first-order chi connectivity index (χ1) is 9.24. The molecule has 0 spiro atoms. The lowest BCUT2D eigenvalue weighted by molar-refractivity contribution is 0.0214. The quantitative estimate of drug-likeness (QED) is 0.792. The topological polar surface area (TPSA) is 29.5 Å². The number of carbonyl (C=O) groups is 1. The Hall–Kier alpha value is -1.03. The van der Waals surface area contributed by atoms with Crippen molar-refractivity contribution in [1.29, 1.82) is 0 Å². The molecule has 1 rings (SSSR count). The Morgan fingerprint density at radius 1 is 1.40 bits per heavy atom. The SMILES string of the molecule is CCCC(Cc1cscc1C)N(C)C(=O)OC(C)(C)C. The Kier molecular flexibility index (Phi) is 6.06. The van der Waals surface area contributed by atoms with Crippen LogP contribution in [-0.2, 0) is 11.2 Å². The fraction of sp³-hybridized carbons (Fsp3) is 0.688. The van der Waals surface area contributed by atoms with Crippen molar-refractivity contribution in [2.75, 3.05) is 7.05 Å². The van der Waals surface area contributed by atoms with E-state index in [0.29, 0.717) is 0 Å². The van der Waals surface area contributed by atoms with Crippen LogP contribution in [0.1, 0.15) is 51.7 Å². The molecular weight excluding hydrogens is 270 g/mol. The van der Waals surface area contributed by atoms with E-state index in [4.69, 9.17) is 4.74 Å². The van der Waals surface area contributed by atoms with Gasteiger partial charge in [-0.3, -0.25) is 0 Å². The summed E-state index contributed by atoms with van der Waals surface area (Å²) in [4.78, 5) is 14.0. The molecule has 1 amide bonds. The summed E-state index contributed by atoms with van der Waals surface area (Å²) >= 11 is 1.72. The minimum absolute atomic E-state index is 0.197. The highest BCUT2D eigenvalue weighted by Crippen LogP contribution is 2.21. The zero-order chi connectivity index (χ0) is 15.3. The molecule has 1 atom stereocenters. The molecule has 1 heterocycles. The van der Waals surface area contributed by atoms with Crippen molar-refractivity contribution in [3.05, 3.63) is 21.9 Å². The van der Waals surface area contributed by atoms with Crippen molar-refractivity contribution in [1.82, 2.24) is 4.90 Å². The van der Waals surface area contributed by atoms with E-state index in [1.807, 2.05) is 27.8 Å². The maximum Gasteiger partial charge on any atom is 0.410 e. The number of ether oxygens (including phenoxy) is 1. The first-order valence-corrected chi connectivity index (χ1v) is 8.16. The van der Waals surface area contributed by atoms with Gasteiger partial charge in [-0.05, 0) is 62.4 Å². The number of hydrogen-bond acceptors (Lipinski definition) is 3. The van der Waals surface area contributed by atoms with Crippen molar-refractivity contribution in [3.8, 4) is 0 Å². The van der Waals surface area contributed by atoms with Gasteiger partial charge in [-0.1, -0.05) is 13.3 Å². The molecule has 0 aromatic carbocycles. The minimum atomic E-state index is -0.444. The van der Waals surface area contributed by atoms with Crippen molar-refractivity contribution < 1.29 is 9.53 Å². The zero-order valence-corrected chi connectivity index (χ0v) is 14.3. The second-order valence-electron chi connectivity index (χ2n) is 6.32. The molecule has 0 bridgehead atoms. The summed E-state index contributed by atoms with van der Waals surface area (Å²) in [6.45, 7) is 9.97. The van der Waals surface area contributed by atoms with Crippen LogP contribution in [0.25, 0.3) is 0 Å². The van der Waals surface area contributed by atoms with Gasteiger partial charge in [0.15, 0.2) is 0 Å². The van der Waals surface area contributed by atoms with Crippen molar-refractivity contribution in [3.63, 3.8) is 0 Å². The molecule has 0 N–H and O–H groups in total. The smallest absolute Gasteiger partial charge is 0.410 e. The summed E-state index contributed by atoms with van der Waals surface area (Å²) in [6.07, 6.45) is 2.72. The van der Waals surface area contributed by atoms with Crippen LogP contribution >= 0.6 is 11.3 Å². The predicted octanol–water partition coefficient (Wildman–Crippen LogP) is 4.63. The van der Waals surface area contributed by atoms with Crippen LogP contribution in [0.15, 0.2) is 10.8 Å². The second kappa shape index (κ2) is 7.11. The Labute approximate surface area is 126 Å². The van der Waals surface area contributed by atoms with Gasteiger partial charge in [-0.25, -0.2) is 4.79 Å². The number of nitrogens with zero attached hydrogens (tertiary/aromatic N) is 1. The van der Waals surface area contributed by atoms with Gasteiger partial charge in [-0.15, -0.1) is 0 Å². The van der Waals surface area contributed by atoms with E-state index in [9.17, 15) is 4.79 Å². The first kappa shape index (κ1) is 17.0. The molecule has 0 fully saturated rings. The Morgan fingerprint density at radius 3 is 2.50 bits per heavy atom. The number of hydrogen-bond donors (Lipinski definition) is 0. The molecule has 0 saturated carbocycles. The van der Waals surface area contributed by atoms with Gasteiger partial charge in [0.1, 0.15) is 5.60 Å². The highest BCUT2D eigenvalue weighted by Gasteiger charge is 2.25. The maximum atomic E-state index is 12.2. The molecule has 1 aromatic heterocycles. The molecule has 3 nitrogen and oxygen atoms in total. The average molecular weight is 297 g/mol. The standard InChI is InChI=1S/C16H27NO2S/c1-7-8-14(9-13-11-20-10-12(13)2)17(6)15(18)19-16(3,4)5/h10-11,14H,7-9H2,1-6H3. The highest BCUT2D eigenvalue weighted by atomic mass is 32.1. The summed E-state index contributed by atoms with van der Waals surface area (Å²) in [5.74, 6) is 0. The lowest BCUT2D eigenvalue weighted by Crippen LogP contribution is -2.41. The van der Waals surface area contributed by atoms with Crippen LogP contribution in [0.3, 0.4) is 0 Å². The number of thiophene rings is 1. The normalized spacial score (nSPS) is 13.1. The van der Waals surface area contributed by atoms with Gasteiger partial charge < -0.3 is 9.64 Å².